The lowest BCUT2D eigenvalue weighted by Gasteiger charge is -2.05. The zero-order chi connectivity index (χ0) is 13.3. The number of carboxylic acid groups (broad SMARTS) is 1. The summed E-state index contributed by atoms with van der Waals surface area (Å²) < 4.78 is 17.1. The van der Waals surface area contributed by atoms with Crippen LogP contribution in [0.1, 0.15) is 16.1 Å². The number of aryl methyl sites for hydroxylation is 1. The number of carbonyl (C=O) groups is 1. The number of rotatable bonds is 3. The molecule has 0 aliphatic rings. The Kier molecular flexibility index (Phi) is 3.49. The van der Waals surface area contributed by atoms with E-state index in [1.165, 1.54) is 18.2 Å². The zero-order valence-electron chi connectivity index (χ0n) is 9.20. The zero-order valence-corrected chi connectivity index (χ0v) is 10.8. The highest BCUT2D eigenvalue weighted by molar-refractivity contribution is 7.10. The van der Waals surface area contributed by atoms with Gasteiger partial charge in [0.1, 0.15) is 16.4 Å². The van der Waals surface area contributed by atoms with Crippen molar-refractivity contribution in [3.05, 3.63) is 40.3 Å². The fourth-order valence-electron chi connectivity index (χ4n) is 1.46. The lowest BCUT2D eigenvalue weighted by Crippen LogP contribution is -2.01. The number of hydrogen-bond acceptors (Lipinski definition) is 4. The van der Waals surface area contributed by atoms with Crippen LogP contribution in [0, 0.1) is 12.7 Å². The van der Waals surface area contributed by atoms with Crippen molar-refractivity contribution in [2.24, 2.45) is 0 Å². The fourth-order valence-corrected chi connectivity index (χ4v) is 2.50. The van der Waals surface area contributed by atoms with Crippen molar-refractivity contribution in [2.45, 2.75) is 6.92 Å². The minimum atomic E-state index is -1.08. The summed E-state index contributed by atoms with van der Waals surface area (Å²) in [6, 6.07) is 3.90. The summed E-state index contributed by atoms with van der Waals surface area (Å²) in [5, 5.41) is 12.4. The Hall–Kier alpha value is -1.66. The van der Waals surface area contributed by atoms with Gasteiger partial charge in [0.25, 0.3) is 0 Å². The molecule has 7 heteroatoms. The van der Waals surface area contributed by atoms with E-state index in [-0.39, 0.29) is 10.6 Å². The molecule has 4 nitrogen and oxygen atoms in total. The van der Waals surface area contributed by atoms with Gasteiger partial charge in [-0.1, -0.05) is 11.6 Å². The number of hydrogen-bond donors (Lipinski definition) is 2. The van der Waals surface area contributed by atoms with Gasteiger partial charge in [-0.05, 0) is 36.7 Å². The number of benzene rings is 1. The van der Waals surface area contributed by atoms with Crippen LogP contribution in [0.25, 0.3) is 0 Å². The maximum atomic E-state index is 13.1. The molecule has 0 fully saturated rings. The number of nitrogens with one attached hydrogen (secondary N) is 1. The summed E-state index contributed by atoms with van der Waals surface area (Å²) in [5.74, 6) is -1.57. The Balaban J connectivity index is 2.37. The fraction of sp³-hybridized carbons (Fsp3) is 0.0909. The number of carboxylic acids is 1. The van der Waals surface area contributed by atoms with E-state index in [1.54, 1.807) is 6.92 Å². The summed E-state index contributed by atoms with van der Waals surface area (Å²) >= 11 is 6.72. The second-order valence-corrected chi connectivity index (χ2v) is 4.77. The van der Waals surface area contributed by atoms with Crippen LogP contribution in [0.4, 0.5) is 15.1 Å². The van der Waals surface area contributed by atoms with Gasteiger partial charge in [-0.2, -0.15) is 4.37 Å². The minimum absolute atomic E-state index is 0.0837. The Morgan fingerprint density at radius 2 is 2.22 bits per heavy atom. The standard InChI is InChI=1S/C11H8ClFN2O2S/c1-5-9(11(16)17)10(18-15-5)14-8-3-6(12)2-7(13)4-8/h2-4,14H,1H3,(H,16,17). The van der Waals surface area contributed by atoms with E-state index in [0.717, 1.165) is 11.5 Å². The predicted octanol–water partition coefficient (Wildman–Crippen LogP) is 3.69. The molecular weight excluding hydrogens is 279 g/mol. The average molecular weight is 287 g/mol. The highest BCUT2D eigenvalue weighted by Gasteiger charge is 2.17. The third-order valence-electron chi connectivity index (χ3n) is 2.20. The first-order valence-corrected chi connectivity index (χ1v) is 6.05. The van der Waals surface area contributed by atoms with Crippen LogP contribution in [0.15, 0.2) is 18.2 Å². The Labute approximate surface area is 111 Å². The largest absolute Gasteiger partial charge is 0.478 e. The van der Waals surface area contributed by atoms with Crippen molar-refractivity contribution < 1.29 is 14.3 Å². The quantitative estimate of drug-likeness (QED) is 0.903. The van der Waals surface area contributed by atoms with Crippen LogP contribution in [0.3, 0.4) is 0 Å². The molecule has 0 unspecified atom stereocenters. The molecule has 0 amide bonds. The second kappa shape index (κ2) is 4.91. The minimum Gasteiger partial charge on any atom is -0.478 e. The normalized spacial score (nSPS) is 10.4. The first-order chi connectivity index (χ1) is 8.47. The van der Waals surface area contributed by atoms with Gasteiger partial charge in [-0.3, -0.25) is 0 Å². The Morgan fingerprint density at radius 3 is 2.83 bits per heavy atom. The predicted molar refractivity (Wildman–Crippen MR) is 68.5 cm³/mol. The number of anilines is 2. The maximum absolute atomic E-state index is 13.1. The lowest BCUT2D eigenvalue weighted by atomic mass is 10.2. The first kappa shape index (κ1) is 12.8. The smallest absolute Gasteiger partial charge is 0.340 e. The van der Waals surface area contributed by atoms with E-state index < -0.39 is 11.8 Å². The van der Waals surface area contributed by atoms with Gasteiger partial charge in [-0.25, -0.2) is 9.18 Å². The van der Waals surface area contributed by atoms with E-state index in [4.69, 9.17) is 16.7 Å². The third kappa shape index (κ3) is 2.60. The van der Waals surface area contributed by atoms with Crippen molar-refractivity contribution in [3.8, 4) is 0 Å². The number of aromatic nitrogens is 1. The molecule has 18 heavy (non-hydrogen) atoms. The topological polar surface area (TPSA) is 62.2 Å². The van der Waals surface area contributed by atoms with Crippen molar-refractivity contribution in [1.82, 2.24) is 4.37 Å². The van der Waals surface area contributed by atoms with Crippen LogP contribution in [0.2, 0.25) is 5.02 Å². The number of nitrogens with zero attached hydrogens (tertiary/aromatic N) is 1. The highest BCUT2D eigenvalue weighted by Crippen LogP contribution is 2.29. The molecule has 0 aliphatic heterocycles. The average Bonchev–Trinajstić information content (AvgIpc) is 2.57. The molecule has 1 heterocycles. The van der Waals surface area contributed by atoms with Crippen LogP contribution >= 0.6 is 23.1 Å². The summed E-state index contributed by atoms with van der Waals surface area (Å²) in [5.41, 5.74) is 0.879. The molecular formula is C11H8ClFN2O2S. The molecule has 0 aliphatic carbocycles. The van der Waals surface area contributed by atoms with Crippen LogP contribution < -0.4 is 5.32 Å². The first-order valence-electron chi connectivity index (χ1n) is 4.90. The third-order valence-corrected chi connectivity index (χ3v) is 3.27. The van der Waals surface area contributed by atoms with Crippen molar-refractivity contribution in [3.63, 3.8) is 0 Å². The van der Waals surface area contributed by atoms with Gasteiger partial charge in [-0.15, -0.1) is 0 Å². The van der Waals surface area contributed by atoms with Crippen molar-refractivity contribution in [2.75, 3.05) is 5.32 Å². The molecule has 0 radical (unpaired) electrons. The summed E-state index contributed by atoms with van der Waals surface area (Å²) in [7, 11) is 0. The molecule has 2 aromatic rings. The molecule has 1 aromatic heterocycles. The van der Waals surface area contributed by atoms with E-state index in [1.807, 2.05) is 0 Å². The monoisotopic (exact) mass is 286 g/mol. The summed E-state index contributed by atoms with van der Waals surface area (Å²) in [6.45, 7) is 1.60. The molecule has 2 N–H and O–H groups in total. The molecule has 0 saturated heterocycles. The molecule has 0 atom stereocenters. The summed E-state index contributed by atoms with van der Waals surface area (Å²) in [6.07, 6.45) is 0. The van der Waals surface area contributed by atoms with E-state index in [0.29, 0.717) is 16.4 Å². The Bertz CT molecular complexity index is 595. The van der Waals surface area contributed by atoms with E-state index in [2.05, 4.69) is 9.69 Å². The maximum Gasteiger partial charge on any atom is 0.340 e. The van der Waals surface area contributed by atoms with Gasteiger partial charge < -0.3 is 10.4 Å². The summed E-state index contributed by atoms with van der Waals surface area (Å²) in [4.78, 5) is 11.1. The van der Waals surface area contributed by atoms with Gasteiger partial charge in [0.15, 0.2) is 0 Å². The van der Waals surface area contributed by atoms with E-state index in [9.17, 15) is 9.18 Å². The van der Waals surface area contributed by atoms with Crippen LogP contribution in [0.5, 0.6) is 0 Å². The van der Waals surface area contributed by atoms with E-state index >= 15 is 0 Å². The molecule has 94 valence electrons. The van der Waals surface area contributed by atoms with Gasteiger partial charge >= 0.3 is 5.97 Å². The molecule has 0 spiro atoms. The molecule has 0 bridgehead atoms. The highest BCUT2D eigenvalue weighted by atomic mass is 35.5. The number of aromatic carboxylic acids is 1. The van der Waals surface area contributed by atoms with Gasteiger partial charge in [0, 0.05) is 10.7 Å². The number of halogens is 2. The van der Waals surface area contributed by atoms with Crippen molar-refractivity contribution >= 4 is 39.8 Å². The van der Waals surface area contributed by atoms with Crippen LogP contribution in [-0.4, -0.2) is 15.4 Å². The molecule has 1 aromatic carbocycles. The van der Waals surface area contributed by atoms with Gasteiger partial charge in [0.05, 0.1) is 5.69 Å². The molecule has 2 rings (SSSR count). The SMILES string of the molecule is Cc1nsc(Nc2cc(F)cc(Cl)c2)c1C(=O)O. The lowest BCUT2D eigenvalue weighted by molar-refractivity contribution is 0.0697. The van der Waals surface area contributed by atoms with Crippen LogP contribution in [-0.2, 0) is 0 Å². The molecule has 0 saturated carbocycles. The Morgan fingerprint density at radius 1 is 1.50 bits per heavy atom. The van der Waals surface area contributed by atoms with Gasteiger partial charge in [0.2, 0.25) is 0 Å². The second-order valence-electron chi connectivity index (χ2n) is 3.56. The van der Waals surface area contributed by atoms with Crippen molar-refractivity contribution in [1.29, 1.82) is 0 Å².